The number of anilines is 1. The van der Waals surface area contributed by atoms with Gasteiger partial charge in [-0.25, -0.2) is 4.98 Å². The zero-order chi connectivity index (χ0) is 14.4. The van der Waals surface area contributed by atoms with Crippen LogP contribution in [0.15, 0.2) is 6.07 Å². The summed E-state index contributed by atoms with van der Waals surface area (Å²) in [6, 6.07) is 1.87. The smallest absolute Gasteiger partial charge is 0.218 e. The first-order valence-electron chi connectivity index (χ1n) is 7.50. The molecule has 0 aromatic carbocycles. The van der Waals surface area contributed by atoms with E-state index in [4.69, 9.17) is 9.47 Å². The van der Waals surface area contributed by atoms with E-state index in [9.17, 15) is 0 Å². The van der Waals surface area contributed by atoms with Crippen LogP contribution in [0.5, 0.6) is 5.88 Å². The summed E-state index contributed by atoms with van der Waals surface area (Å²) in [6.07, 6.45) is 6.70. The van der Waals surface area contributed by atoms with Crippen molar-refractivity contribution in [3.63, 3.8) is 0 Å². The number of ether oxygens (including phenoxy) is 2. The lowest BCUT2D eigenvalue weighted by atomic mass is 9.95. The van der Waals surface area contributed by atoms with Crippen molar-refractivity contribution in [3.05, 3.63) is 11.9 Å². The predicted octanol–water partition coefficient (Wildman–Crippen LogP) is 2.81. The van der Waals surface area contributed by atoms with Crippen LogP contribution in [0.25, 0.3) is 0 Å². The Morgan fingerprint density at radius 3 is 2.80 bits per heavy atom. The highest BCUT2D eigenvalue weighted by Gasteiger charge is 2.23. The van der Waals surface area contributed by atoms with Gasteiger partial charge in [-0.2, -0.15) is 4.98 Å². The molecule has 5 heteroatoms. The van der Waals surface area contributed by atoms with E-state index in [0.717, 1.165) is 50.2 Å². The van der Waals surface area contributed by atoms with Gasteiger partial charge >= 0.3 is 0 Å². The zero-order valence-electron chi connectivity index (χ0n) is 12.7. The SMILES string of the molecule is CCCc1nc(NC)cc(OC2CCCC(OC)C2)n1. The van der Waals surface area contributed by atoms with Crippen LogP contribution in [0.3, 0.4) is 0 Å². The molecule has 20 heavy (non-hydrogen) atoms. The molecule has 1 heterocycles. The summed E-state index contributed by atoms with van der Waals surface area (Å²) in [6.45, 7) is 2.13. The number of nitrogens with one attached hydrogen (secondary N) is 1. The Hall–Kier alpha value is -1.36. The molecule has 2 unspecified atom stereocenters. The van der Waals surface area contributed by atoms with E-state index in [2.05, 4.69) is 22.2 Å². The number of aromatic nitrogens is 2. The van der Waals surface area contributed by atoms with Gasteiger partial charge in [-0.15, -0.1) is 0 Å². The van der Waals surface area contributed by atoms with Crippen LogP contribution in [0.4, 0.5) is 5.82 Å². The fourth-order valence-electron chi connectivity index (χ4n) is 2.59. The van der Waals surface area contributed by atoms with Crippen LogP contribution in [-0.2, 0) is 11.2 Å². The topological polar surface area (TPSA) is 56.3 Å². The first kappa shape index (κ1) is 15.0. The number of nitrogens with zero attached hydrogens (tertiary/aromatic N) is 2. The van der Waals surface area contributed by atoms with Crippen molar-refractivity contribution in [2.75, 3.05) is 19.5 Å². The molecule has 1 aromatic heterocycles. The largest absolute Gasteiger partial charge is 0.474 e. The van der Waals surface area contributed by atoms with Crippen LogP contribution >= 0.6 is 0 Å². The van der Waals surface area contributed by atoms with Gasteiger partial charge < -0.3 is 14.8 Å². The Labute approximate surface area is 121 Å². The minimum Gasteiger partial charge on any atom is -0.474 e. The van der Waals surface area contributed by atoms with Gasteiger partial charge in [-0.05, 0) is 25.7 Å². The van der Waals surface area contributed by atoms with Crippen LogP contribution in [-0.4, -0.2) is 36.3 Å². The third kappa shape index (κ3) is 4.07. The third-order valence-corrected chi connectivity index (χ3v) is 3.68. The van der Waals surface area contributed by atoms with Crippen LogP contribution in [0.1, 0.15) is 44.9 Å². The van der Waals surface area contributed by atoms with E-state index in [0.29, 0.717) is 12.0 Å². The monoisotopic (exact) mass is 279 g/mol. The summed E-state index contributed by atoms with van der Waals surface area (Å²) >= 11 is 0. The number of methoxy groups -OCH3 is 1. The number of rotatable bonds is 6. The van der Waals surface area contributed by atoms with E-state index in [1.807, 2.05) is 13.1 Å². The minimum absolute atomic E-state index is 0.197. The highest BCUT2D eigenvalue weighted by molar-refractivity contribution is 5.37. The molecule has 0 radical (unpaired) electrons. The summed E-state index contributed by atoms with van der Waals surface area (Å²) < 4.78 is 11.5. The number of hydrogen-bond acceptors (Lipinski definition) is 5. The lowest BCUT2D eigenvalue weighted by molar-refractivity contribution is 0.0194. The standard InChI is InChI=1S/C15H25N3O2/c1-4-6-13-17-14(16-2)10-15(18-13)20-12-8-5-7-11(9-12)19-3/h10-12H,4-9H2,1-3H3,(H,16,17,18). The van der Waals surface area contributed by atoms with Crippen molar-refractivity contribution < 1.29 is 9.47 Å². The van der Waals surface area contributed by atoms with Crippen molar-refractivity contribution in [3.8, 4) is 5.88 Å². The van der Waals surface area contributed by atoms with Crippen LogP contribution in [0, 0.1) is 0 Å². The van der Waals surface area contributed by atoms with E-state index in [-0.39, 0.29) is 6.10 Å². The highest BCUT2D eigenvalue weighted by atomic mass is 16.5. The van der Waals surface area contributed by atoms with Gasteiger partial charge in [0.05, 0.1) is 6.10 Å². The molecule has 2 rings (SSSR count). The van der Waals surface area contributed by atoms with Gasteiger partial charge in [-0.3, -0.25) is 0 Å². The molecule has 1 aliphatic rings. The average Bonchev–Trinajstić information content (AvgIpc) is 2.47. The molecule has 2 atom stereocenters. The first-order valence-corrected chi connectivity index (χ1v) is 7.50. The second-order valence-corrected chi connectivity index (χ2v) is 5.27. The summed E-state index contributed by atoms with van der Waals surface area (Å²) in [5.74, 6) is 2.33. The second kappa shape index (κ2) is 7.43. The van der Waals surface area contributed by atoms with Gasteiger partial charge in [0.2, 0.25) is 5.88 Å². The third-order valence-electron chi connectivity index (χ3n) is 3.68. The fourth-order valence-corrected chi connectivity index (χ4v) is 2.59. The quantitative estimate of drug-likeness (QED) is 0.867. The molecule has 0 amide bonds. The van der Waals surface area contributed by atoms with Gasteiger partial charge in [-0.1, -0.05) is 6.92 Å². The Bertz CT molecular complexity index is 426. The average molecular weight is 279 g/mol. The lowest BCUT2D eigenvalue weighted by Gasteiger charge is -2.28. The van der Waals surface area contributed by atoms with Crippen LogP contribution < -0.4 is 10.1 Å². The molecule has 5 nitrogen and oxygen atoms in total. The lowest BCUT2D eigenvalue weighted by Crippen LogP contribution is -2.29. The Morgan fingerprint density at radius 1 is 1.30 bits per heavy atom. The van der Waals surface area contributed by atoms with Gasteiger partial charge in [0, 0.05) is 33.1 Å². The van der Waals surface area contributed by atoms with Crippen molar-refractivity contribution in [2.45, 2.75) is 57.7 Å². The Kier molecular flexibility index (Phi) is 5.59. The summed E-state index contributed by atoms with van der Waals surface area (Å²) in [7, 11) is 3.64. The van der Waals surface area contributed by atoms with Crippen LogP contribution in [0.2, 0.25) is 0 Å². The maximum atomic E-state index is 6.05. The summed E-state index contributed by atoms with van der Waals surface area (Å²) in [5, 5.41) is 3.07. The Morgan fingerprint density at radius 2 is 2.10 bits per heavy atom. The molecular formula is C15H25N3O2. The van der Waals surface area contributed by atoms with E-state index < -0.39 is 0 Å². The maximum Gasteiger partial charge on any atom is 0.218 e. The summed E-state index contributed by atoms with van der Waals surface area (Å²) in [5.41, 5.74) is 0. The van der Waals surface area contributed by atoms with Crippen molar-refractivity contribution in [2.24, 2.45) is 0 Å². The normalized spacial score (nSPS) is 22.6. The van der Waals surface area contributed by atoms with Gasteiger partial charge in [0.15, 0.2) is 0 Å². The molecule has 0 aliphatic heterocycles. The molecule has 0 spiro atoms. The molecule has 112 valence electrons. The van der Waals surface area contributed by atoms with E-state index in [1.165, 1.54) is 0 Å². The van der Waals surface area contributed by atoms with E-state index >= 15 is 0 Å². The molecule has 1 fully saturated rings. The molecule has 0 saturated heterocycles. The molecule has 1 N–H and O–H groups in total. The number of hydrogen-bond donors (Lipinski definition) is 1. The first-order chi connectivity index (χ1) is 9.75. The second-order valence-electron chi connectivity index (χ2n) is 5.27. The highest BCUT2D eigenvalue weighted by Crippen LogP contribution is 2.25. The fraction of sp³-hybridized carbons (Fsp3) is 0.733. The molecule has 1 aliphatic carbocycles. The molecular weight excluding hydrogens is 254 g/mol. The number of aryl methyl sites for hydroxylation is 1. The minimum atomic E-state index is 0.197. The van der Waals surface area contributed by atoms with Gasteiger partial charge in [0.25, 0.3) is 0 Å². The van der Waals surface area contributed by atoms with Crippen molar-refractivity contribution in [1.82, 2.24) is 9.97 Å². The van der Waals surface area contributed by atoms with Crippen molar-refractivity contribution in [1.29, 1.82) is 0 Å². The van der Waals surface area contributed by atoms with Crippen molar-refractivity contribution >= 4 is 5.82 Å². The zero-order valence-corrected chi connectivity index (χ0v) is 12.7. The van der Waals surface area contributed by atoms with Gasteiger partial charge in [0.1, 0.15) is 17.7 Å². The Balaban J connectivity index is 2.05. The molecule has 1 saturated carbocycles. The molecule has 1 aromatic rings. The van der Waals surface area contributed by atoms with E-state index in [1.54, 1.807) is 7.11 Å². The predicted molar refractivity (Wildman–Crippen MR) is 79.3 cm³/mol. The summed E-state index contributed by atoms with van der Waals surface area (Å²) in [4.78, 5) is 8.94. The maximum absolute atomic E-state index is 6.05. The molecule has 0 bridgehead atoms.